The molecule has 0 radical (unpaired) electrons. The summed E-state index contributed by atoms with van der Waals surface area (Å²) in [6.07, 6.45) is 3.63. The number of Topliss-reactive ketones (excluding diaryl/α,β-unsaturated/α-hetero) is 1. The lowest BCUT2D eigenvalue weighted by molar-refractivity contribution is -0.463. The Balaban J connectivity index is 2.03. The van der Waals surface area contributed by atoms with Gasteiger partial charge < -0.3 is 5.32 Å². The molecular weight excluding hydrogens is 250 g/mol. The number of amides is 3. The van der Waals surface area contributed by atoms with Gasteiger partial charge >= 0.3 is 6.03 Å². The molecule has 1 fully saturated rings. The average Bonchev–Trinajstić information content (AvgIpc) is 2.30. The van der Waals surface area contributed by atoms with E-state index in [1.54, 1.807) is 12.2 Å². The molecule has 0 aromatic rings. The first-order valence-electron chi connectivity index (χ1n) is 5.91. The van der Waals surface area contributed by atoms with Gasteiger partial charge in [-0.2, -0.15) is 4.79 Å². The van der Waals surface area contributed by atoms with Gasteiger partial charge in [-0.1, -0.05) is 4.91 Å². The van der Waals surface area contributed by atoms with Gasteiger partial charge in [-0.05, 0) is 19.1 Å². The molecule has 3 amide bonds. The van der Waals surface area contributed by atoms with Crippen molar-refractivity contribution in [3.8, 4) is 0 Å². The molecule has 1 atom stereocenters. The van der Waals surface area contributed by atoms with Gasteiger partial charge in [0, 0.05) is 16.9 Å². The normalized spacial score (nSPS) is 21.8. The van der Waals surface area contributed by atoms with Crippen molar-refractivity contribution >= 4 is 17.7 Å². The zero-order chi connectivity index (χ0) is 14.0. The second-order valence-electron chi connectivity index (χ2n) is 4.63. The van der Waals surface area contributed by atoms with Gasteiger partial charge in [0.2, 0.25) is 5.91 Å². The van der Waals surface area contributed by atoms with E-state index in [2.05, 4.69) is 10.6 Å². The van der Waals surface area contributed by atoms with E-state index in [1.165, 1.54) is 6.92 Å². The molecule has 2 rings (SSSR count). The van der Waals surface area contributed by atoms with Crippen LogP contribution in [0.15, 0.2) is 23.5 Å². The number of hydrogen-bond acceptors (Lipinski definition) is 4. The number of carbonyl (C=O) groups is 3. The number of ketones is 1. The topological polar surface area (TPSA) is 95.4 Å². The summed E-state index contributed by atoms with van der Waals surface area (Å²) >= 11 is 0. The van der Waals surface area contributed by atoms with Crippen LogP contribution in [0.4, 0.5) is 4.79 Å². The first kappa shape index (κ1) is 13.1. The Bertz CT molecular complexity index is 533. The van der Waals surface area contributed by atoms with Crippen molar-refractivity contribution in [1.82, 2.24) is 10.6 Å². The van der Waals surface area contributed by atoms with E-state index in [4.69, 9.17) is 0 Å². The summed E-state index contributed by atoms with van der Waals surface area (Å²) in [7, 11) is 0. The van der Waals surface area contributed by atoms with Crippen LogP contribution in [-0.4, -0.2) is 29.0 Å². The second kappa shape index (κ2) is 5.13. The lowest BCUT2D eigenvalue weighted by atomic mass is 9.93. The molecule has 7 nitrogen and oxygen atoms in total. The highest BCUT2D eigenvalue weighted by atomic mass is 16.3. The van der Waals surface area contributed by atoms with Crippen molar-refractivity contribution in [3.05, 3.63) is 28.5 Å². The van der Waals surface area contributed by atoms with Gasteiger partial charge in [0.15, 0.2) is 0 Å². The van der Waals surface area contributed by atoms with E-state index in [1.807, 2.05) is 0 Å². The van der Waals surface area contributed by atoms with Gasteiger partial charge in [-0.25, -0.2) is 5.32 Å². The van der Waals surface area contributed by atoms with Crippen LogP contribution in [0.5, 0.6) is 0 Å². The number of urea groups is 1. The maximum Gasteiger partial charge on any atom is 0.534 e. The number of hydrogen-bond donors (Lipinski definition) is 2. The molecular formula is C12H14N3O4+. The van der Waals surface area contributed by atoms with Crippen LogP contribution in [0.1, 0.15) is 19.8 Å². The lowest BCUT2D eigenvalue weighted by Gasteiger charge is -2.23. The molecule has 1 aliphatic heterocycles. The predicted octanol–water partition coefficient (Wildman–Crippen LogP) is 0.372. The molecule has 0 spiro atoms. The van der Waals surface area contributed by atoms with Crippen molar-refractivity contribution in [3.63, 3.8) is 0 Å². The first-order chi connectivity index (χ1) is 8.95. The minimum absolute atomic E-state index is 0.0670. The highest BCUT2D eigenvalue weighted by Crippen LogP contribution is 2.25. The van der Waals surface area contributed by atoms with Crippen LogP contribution in [0.2, 0.25) is 0 Å². The van der Waals surface area contributed by atoms with E-state index in [0.717, 1.165) is 0 Å². The van der Waals surface area contributed by atoms with Crippen LogP contribution >= 0.6 is 0 Å². The first-order valence-corrected chi connectivity index (χ1v) is 5.91. The highest BCUT2D eigenvalue weighted by Gasteiger charge is 2.37. The molecule has 2 aliphatic rings. The minimum Gasteiger partial charge on any atom is -0.329 e. The van der Waals surface area contributed by atoms with Gasteiger partial charge in [0.25, 0.3) is 0 Å². The van der Waals surface area contributed by atoms with Gasteiger partial charge in [-0.15, -0.1) is 0 Å². The molecule has 0 aromatic carbocycles. The van der Waals surface area contributed by atoms with E-state index >= 15 is 0 Å². The minimum atomic E-state index is -0.667. The van der Waals surface area contributed by atoms with E-state index in [0.29, 0.717) is 22.6 Å². The Hall–Kier alpha value is -2.31. The summed E-state index contributed by atoms with van der Waals surface area (Å²) in [6, 6.07) is -0.667. The van der Waals surface area contributed by atoms with Crippen LogP contribution in [0.3, 0.4) is 0 Å². The molecule has 0 bridgehead atoms. The molecule has 0 saturated carbocycles. The van der Waals surface area contributed by atoms with Crippen molar-refractivity contribution in [1.29, 1.82) is 0 Å². The molecule has 2 N–H and O–H groups in total. The van der Waals surface area contributed by atoms with Gasteiger partial charge in [-0.3, -0.25) is 9.59 Å². The van der Waals surface area contributed by atoms with Crippen molar-refractivity contribution in [2.45, 2.75) is 19.8 Å². The average molecular weight is 264 g/mol. The maximum atomic E-state index is 11.5. The largest absolute Gasteiger partial charge is 0.534 e. The predicted molar refractivity (Wildman–Crippen MR) is 64.7 cm³/mol. The highest BCUT2D eigenvalue weighted by molar-refractivity contribution is 5.97. The Morgan fingerprint density at radius 3 is 2.89 bits per heavy atom. The number of fused-ring (bicyclic) bond motifs is 1. The fourth-order valence-corrected chi connectivity index (χ4v) is 2.09. The number of carbonyl (C=O) groups excluding carboxylic acids is 3. The number of nitrogens with one attached hydrogen (secondary N) is 2. The quantitative estimate of drug-likeness (QED) is 0.568. The third-order valence-corrected chi connectivity index (χ3v) is 2.94. The summed E-state index contributed by atoms with van der Waals surface area (Å²) in [5.74, 6) is -0.719. The summed E-state index contributed by atoms with van der Waals surface area (Å²) in [4.78, 5) is 44.7. The molecule has 1 unspecified atom stereocenters. The Morgan fingerprint density at radius 2 is 2.21 bits per heavy atom. The zero-order valence-corrected chi connectivity index (χ0v) is 10.4. The van der Waals surface area contributed by atoms with Crippen LogP contribution in [-0.2, 0) is 9.59 Å². The van der Waals surface area contributed by atoms with Crippen molar-refractivity contribution in [2.24, 2.45) is 5.92 Å². The van der Waals surface area contributed by atoms with Crippen LogP contribution in [0.25, 0.3) is 0 Å². The summed E-state index contributed by atoms with van der Waals surface area (Å²) in [6.45, 7) is 1.41. The molecule has 7 heteroatoms. The molecule has 0 aromatic heterocycles. The summed E-state index contributed by atoms with van der Waals surface area (Å²) < 4.78 is 0.363. The molecule has 1 aliphatic carbocycles. The molecule has 1 saturated heterocycles. The Kier molecular flexibility index (Phi) is 3.55. The fraction of sp³-hybridized carbons (Fsp3) is 0.417. The zero-order valence-electron chi connectivity index (χ0n) is 10.4. The van der Waals surface area contributed by atoms with E-state index in [-0.39, 0.29) is 30.6 Å². The Morgan fingerprint density at radius 1 is 1.47 bits per heavy atom. The maximum absolute atomic E-state index is 11.5. The van der Waals surface area contributed by atoms with Crippen LogP contribution in [0, 0.1) is 10.8 Å². The van der Waals surface area contributed by atoms with E-state index in [9.17, 15) is 19.3 Å². The summed E-state index contributed by atoms with van der Waals surface area (Å²) in [5.41, 5.74) is 1.33. The van der Waals surface area contributed by atoms with Gasteiger partial charge in [0.05, 0.1) is 12.3 Å². The number of nitroso groups, excluding NO2 is 1. The SMILES string of the molecule is CC(=O)CC(=O)NC1=CC=C2NC(=O)[N+](=O)CC2C1. The molecule has 19 heavy (non-hydrogen) atoms. The van der Waals surface area contributed by atoms with Crippen LogP contribution < -0.4 is 10.6 Å². The number of nitrogens with zero attached hydrogens (tertiary/aromatic N) is 1. The third-order valence-electron chi connectivity index (χ3n) is 2.94. The third kappa shape index (κ3) is 3.12. The number of allylic oxidation sites excluding steroid dienone is 3. The smallest absolute Gasteiger partial charge is 0.329 e. The molecule has 1 heterocycles. The monoisotopic (exact) mass is 264 g/mol. The van der Waals surface area contributed by atoms with E-state index < -0.39 is 6.03 Å². The number of rotatable bonds is 3. The van der Waals surface area contributed by atoms with Crippen molar-refractivity contribution < 1.29 is 19.1 Å². The summed E-state index contributed by atoms with van der Waals surface area (Å²) in [5, 5.41) is 5.13. The lowest BCUT2D eigenvalue weighted by Crippen LogP contribution is -2.44. The second-order valence-corrected chi connectivity index (χ2v) is 4.63. The Labute approximate surface area is 109 Å². The standard InChI is InChI=1S/C12H13N3O4/c1-7(16)4-11(17)13-9-2-3-10-8(5-9)6-15(19)12(18)14-10/h2-3,8H,4-6H2,1H3,(H-,13,14,17,18,19)/p+1. The van der Waals surface area contributed by atoms with Gasteiger partial charge in [0.1, 0.15) is 18.0 Å². The van der Waals surface area contributed by atoms with Crippen molar-refractivity contribution in [2.75, 3.05) is 6.54 Å². The molecule has 100 valence electrons. The fourth-order valence-electron chi connectivity index (χ4n) is 2.09.